The second-order valence-corrected chi connectivity index (χ2v) is 3.41. The number of fused-ring (bicyclic) bond motifs is 1. The van der Waals surface area contributed by atoms with Crippen molar-refractivity contribution in [2.75, 3.05) is 0 Å². The Kier molecular flexibility index (Phi) is 2.00. The van der Waals surface area contributed by atoms with E-state index in [2.05, 4.69) is 20.9 Å². The molecule has 0 unspecified atom stereocenters. The lowest BCUT2D eigenvalue weighted by Gasteiger charge is -2.01. The molecular formula is C9H4BrF2N. The predicted octanol–water partition coefficient (Wildman–Crippen LogP) is 3.28. The van der Waals surface area contributed by atoms with Gasteiger partial charge in [0.05, 0.1) is 0 Å². The maximum atomic E-state index is 13.1. The molecule has 4 heteroatoms. The number of hydrogen-bond donors (Lipinski definition) is 0. The Labute approximate surface area is 81.5 Å². The van der Waals surface area contributed by atoms with Gasteiger partial charge < -0.3 is 0 Å². The highest BCUT2D eigenvalue weighted by molar-refractivity contribution is 9.10. The largest absolute Gasteiger partial charge is 0.253 e. The van der Waals surface area contributed by atoms with Gasteiger partial charge in [-0.1, -0.05) is 6.07 Å². The van der Waals surface area contributed by atoms with Gasteiger partial charge in [-0.15, -0.1) is 0 Å². The Morgan fingerprint density at radius 2 is 2.08 bits per heavy atom. The summed E-state index contributed by atoms with van der Waals surface area (Å²) in [5.74, 6) is -1.79. The van der Waals surface area contributed by atoms with Gasteiger partial charge >= 0.3 is 0 Å². The van der Waals surface area contributed by atoms with Crippen molar-refractivity contribution in [2.24, 2.45) is 0 Å². The molecule has 66 valence electrons. The van der Waals surface area contributed by atoms with Crippen molar-refractivity contribution >= 4 is 26.8 Å². The summed E-state index contributed by atoms with van der Waals surface area (Å²) in [4.78, 5) is 3.76. The highest BCUT2D eigenvalue weighted by atomic mass is 79.9. The summed E-state index contributed by atoms with van der Waals surface area (Å²) in [6.07, 6.45) is 1.43. The molecule has 1 aromatic heterocycles. The molecule has 2 aromatic rings. The Balaban J connectivity index is 2.97. The molecule has 0 saturated carbocycles. The second kappa shape index (κ2) is 3.03. The molecule has 1 nitrogen and oxygen atoms in total. The molecule has 0 amide bonds. The number of hydrogen-bond acceptors (Lipinski definition) is 1. The van der Waals surface area contributed by atoms with Crippen molar-refractivity contribution in [3.63, 3.8) is 0 Å². The molecular weight excluding hydrogens is 240 g/mol. The van der Waals surface area contributed by atoms with Crippen molar-refractivity contribution in [2.45, 2.75) is 0 Å². The van der Waals surface area contributed by atoms with E-state index in [1.807, 2.05) is 0 Å². The van der Waals surface area contributed by atoms with Crippen LogP contribution < -0.4 is 0 Å². The summed E-state index contributed by atoms with van der Waals surface area (Å²) >= 11 is 3.14. The predicted molar refractivity (Wildman–Crippen MR) is 49.4 cm³/mol. The van der Waals surface area contributed by atoms with Crippen LogP contribution in [-0.2, 0) is 0 Å². The Bertz CT molecular complexity index is 470. The minimum atomic E-state index is -0.904. The molecule has 0 bridgehead atoms. The fourth-order valence-electron chi connectivity index (χ4n) is 1.14. The van der Waals surface area contributed by atoms with Gasteiger partial charge in [0, 0.05) is 16.1 Å². The molecule has 0 radical (unpaired) electrons. The normalized spacial score (nSPS) is 10.7. The summed E-state index contributed by atoms with van der Waals surface area (Å²) < 4.78 is 26.5. The lowest BCUT2D eigenvalue weighted by atomic mass is 10.2. The average Bonchev–Trinajstić information content (AvgIpc) is 2.15. The first-order valence-electron chi connectivity index (χ1n) is 3.58. The molecule has 0 spiro atoms. The third-order valence-electron chi connectivity index (χ3n) is 1.74. The first-order valence-corrected chi connectivity index (χ1v) is 4.37. The van der Waals surface area contributed by atoms with Crippen LogP contribution in [0.3, 0.4) is 0 Å². The van der Waals surface area contributed by atoms with Crippen LogP contribution in [-0.4, -0.2) is 4.98 Å². The Hall–Kier alpha value is -1.03. The maximum absolute atomic E-state index is 13.1. The Morgan fingerprint density at radius 3 is 2.85 bits per heavy atom. The van der Waals surface area contributed by atoms with E-state index in [4.69, 9.17) is 0 Å². The molecule has 0 aliphatic carbocycles. The summed E-state index contributed by atoms with van der Waals surface area (Å²) in [5, 5.41) is 0.571. The van der Waals surface area contributed by atoms with Crippen molar-refractivity contribution in [3.05, 3.63) is 40.5 Å². The van der Waals surface area contributed by atoms with Gasteiger partial charge in [-0.05, 0) is 28.1 Å². The molecule has 2 rings (SSSR count). The van der Waals surface area contributed by atoms with E-state index in [-0.39, 0.29) is 5.52 Å². The first-order chi connectivity index (χ1) is 6.20. The summed E-state index contributed by atoms with van der Waals surface area (Å²) in [6, 6.07) is 4.44. The zero-order valence-electron chi connectivity index (χ0n) is 6.39. The third kappa shape index (κ3) is 1.31. The number of benzene rings is 1. The molecule has 0 atom stereocenters. The van der Waals surface area contributed by atoms with Crippen molar-refractivity contribution < 1.29 is 8.78 Å². The van der Waals surface area contributed by atoms with Crippen molar-refractivity contribution in [3.8, 4) is 0 Å². The van der Waals surface area contributed by atoms with Crippen molar-refractivity contribution in [1.29, 1.82) is 0 Å². The van der Waals surface area contributed by atoms with Crippen LogP contribution in [0.15, 0.2) is 28.9 Å². The van der Waals surface area contributed by atoms with E-state index in [0.717, 1.165) is 6.07 Å². The average molecular weight is 244 g/mol. The maximum Gasteiger partial charge on any atom is 0.185 e. The second-order valence-electron chi connectivity index (χ2n) is 2.55. The molecule has 0 aliphatic heterocycles. The molecule has 13 heavy (non-hydrogen) atoms. The van der Waals surface area contributed by atoms with Crippen LogP contribution in [0.4, 0.5) is 8.78 Å². The fraction of sp³-hybridized carbons (Fsp3) is 0. The van der Waals surface area contributed by atoms with E-state index in [1.165, 1.54) is 6.20 Å². The number of pyridine rings is 1. The topological polar surface area (TPSA) is 12.9 Å². The van der Waals surface area contributed by atoms with Gasteiger partial charge in [-0.3, -0.25) is 4.98 Å². The number of halogens is 3. The van der Waals surface area contributed by atoms with Gasteiger partial charge in [0.15, 0.2) is 11.6 Å². The van der Waals surface area contributed by atoms with Crippen LogP contribution in [0.5, 0.6) is 0 Å². The molecule has 0 saturated heterocycles. The zero-order valence-corrected chi connectivity index (χ0v) is 7.98. The highest BCUT2D eigenvalue weighted by Crippen LogP contribution is 2.26. The van der Waals surface area contributed by atoms with Crippen LogP contribution >= 0.6 is 15.9 Å². The quantitative estimate of drug-likeness (QED) is 0.648. The molecule has 0 aliphatic rings. The third-order valence-corrected chi connectivity index (χ3v) is 2.39. The van der Waals surface area contributed by atoms with Gasteiger partial charge in [0.2, 0.25) is 0 Å². The van der Waals surface area contributed by atoms with Crippen LogP contribution in [0.25, 0.3) is 10.9 Å². The van der Waals surface area contributed by atoms with E-state index in [1.54, 1.807) is 12.1 Å². The Morgan fingerprint density at radius 1 is 1.31 bits per heavy atom. The van der Waals surface area contributed by atoms with E-state index >= 15 is 0 Å². The van der Waals surface area contributed by atoms with Crippen molar-refractivity contribution in [1.82, 2.24) is 4.98 Å². The van der Waals surface area contributed by atoms with Gasteiger partial charge in [0.25, 0.3) is 0 Å². The van der Waals surface area contributed by atoms with E-state index in [0.29, 0.717) is 9.86 Å². The van der Waals surface area contributed by atoms with Gasteiger partial charge in [-0.2, -0.15) is 0 Å². The molecule has 0 fully saturated rings. The fourth-order valence-corrected chi connectivity index (χ4v) is 1.66. The monoisotopic (exact) mass is 243 g/mol. The SMILES string of the molecule is Fc1cc(Br)c2cccnc2c1F. The van der Waals surface area contributed by atoms with Crippen LogP contribution in [0, 0.1) is 11.6 Å². The number of nitrogens with zero attached hydrogens (tertiary/aromatic N) is 1. The van der Waals surface area contributed by atoms with Crippen LogP contribution in [0.2, 0.25) is 0 Å². The molecule has 0 N–H and O–H groups in total. The first kappa shape index (κ1) is 8.56. The standard InChI is InChI=1S/C9H4BrF2N/c10-6-4-7(11)8(12)9-5(6)2-1-3-13-9/h1-4H. The smallest absolute Gasteiger partial charge is 0.185 e. The van der Waals surface area contributed by atoms with E-state index in [9.17, 15) is 8.78 Å². The molecule has 1 heterocycles. The zero-order chi connectivity index (χ0) is 9.42. The van der Waals surface area contributed by atoms with E-state index < -0.39 is 11.6 Å². The minimum absolute atomic E-state index is 0.0503. The lowest BCUT2D eigenvalue weighted by molar-refractivity contribution is 0.515. The molecule has 1 aromatic carbocycles. The number of rotatable bonds is 0. The van der Waals surface area contributed by atoms with Crippen LogP contribution in [0.1, 0.15) is 0 Å². The lowest BCUT2D eigenvalue weighted by Crippen LogP contribution is -1.89. The summed E-state index contributed by atoms with van der Waals surface area (Å²) in [7, 11) is 0. The number of aromatic nitrogens is 1. The summed E-state index contributed by atoms with van der Waals surface area (Å²) in [6.45, 7) is 0. The minimum Gasteiger partial charge on any atom is -0.253 e. The summed E-state index contributed by atoms with van der Waals surface area (Å²) in [5.41, 5.74) is 0.0503. The highest BCUT2D eigenvalue weighted by Gasteiger charge is 2.10. The van der Waals surface area contributed by atoms with Gasteiger partial charge in [0.1, 0.15) is 5.52 Å². The van der Waals surface area contributed by atoms with Gasteiger partial charge in [-0.25, -0.2) is 8.78 Å².